The minimum Gasteiger partial charge on any atom is -0.385 e. The number of thiophene rings is 1. The van der Waals surface area contributed by atoms with Gasteiger partial charge in [-0.05, 0) is 47.6 Å². The van der Waals surface area contributed by atoms with Crippen LogP contribution in [0, 0.1) is 0 Å². The molecule has 5 nitrogen and oxygen atoms in total. The second kappa shape index (κ2) is 10.7. The number of nitrogens with one attached hydrogen (secondary N) is 2. The van der Waals surface area contributed by atoms with Crippen molar-refractivity contribution >= 4 is 17.3 Å². The Balaban J connectivity index is 1.66. The number of aliphatic imine (C=N–C) groups is 1. The molecule has 0 amide bonds. The molecule has 0 bridgehead atoms. The first-order valence-electron chi connectivity index (χ1n) is 8.93. The zero-order valence-electron chi connectivity index (χ0n) is 15.3. The molecular weight excluding hydrogens is 320 g/mol. The SMILES string of the molecule is CN=C(NCC(C)c1ccsc1)NC1CCN(CCCOC)CC1. The largest absolute Gasteiger partial charge is 0.385 e. The number of likely N-dealkylation sites (tertiary alicyclic amines) is 1. The minimum absolute atomic E-state index is 0.498. The van der Waals surface area contributed by atoms with E-state index in [0.717, 1.165) is 45.2 Å². The van der Waals surface area contributed by atoms with Gasteiger partial charge in [-0.15, -0.1) is 0 Å². The average Bonchev–Trinajstić information content (AvgIpc) is 3.14. The summed E-state index contributed by atoms with van der Waals surface area (Å²) < 4.78 is 5.13. The summed E-state index contributed by atoms with van der Waals surface area (Å²) in [5, 5.41) is 11.4. The molecule has 6 heteroatoms. The molecule has 0 spiro atoms. The molecular formula is C18H32N4OS. The smallest absolute Gasteiger partial charge is 0.191 e. The van der Waals surface area contributed by atoms with Crippen LogP contribution >= 0.6 is 11.3 Å². The van der Waals surface area contributed by atoms with Crippen molar-refractivity contribution < 1.29 is 4.74 Å². The molecule has 2 N–H and O–H groups in total. The van der Waals surface area contributed by atoms with Gasteiger partial charge in [0, 0.05) is 53.0 Å². The minimum atomic E-state index is 0.498. The number of nitrogens with zero attached hydrogens (tertiary/aromatic N) is 2. The van der Waals surface area contributed by atoms with E-state index >= 15 is 0 Å². The lowest BCUT2D eigenvalue weighted by Crippen LogP contribution is -2.49. The number of rotatable bonds is 8. The van der Waals surface area contributed by atoms with Gasteiger partial charge in [0.15, 0.2) is 5.96 Å². The highest BCUT2D eigenvalue weighted by Gasteiger charge is 2.19. The van der Waals surface area contributed by atoms with Gasteiger partial charge in [0.2, 0.25) is 0 Å². The number of hydrogen-bond acceptors (Lipinski definition) is 4. The van der Waals surface area contributed by atoms with Crippen molar-refractivity contribution in [1.29, 1.82) is 0 Å². The highest BCUT2D eigenvalue weighted by molar-refractivity contribution is 7.07. The van der Waals surface area contributed by atoms with Gasteiger partial charge in [0.1, 0.15) is 0 Å². The quantitative estimate of drug-likeness (QED) is 0.429. The Morgan fingerprint density at radius 2 is 2.25 bits per heavy atom. The molecule has 1 atom stereocenters. The molecule has 1 unspecified atom stereocenters. The van der Waals surface area contributed by atoms with Crippen LogP contribution in [0.2, 0.25) is 0 Å². The Bertz CT molecular complexity index is 469. The number of hydrogen-bond donors (Lipinski definition) is 2. The molecule has 0 aliphatic carbocycles. The van der Waals surface area contributed by atoms with Crippen molar-refractivity contribution in [3.63, 3.8) is 0 Å². The highest BCUT2D eigenvalue weighted by atomic mass is 32.1. The summed E-state index contributed by atoms with van der Waals surface area (Å²) in [5.41, 5.74) is 1.40. The monoisotopic (exact) mass is 352 g/mol. The van der Waals surface area contributed by atoms with Crippen molar-refractivity contribution in [3.8, 4) is 0 Å². The third-order valence-electron chi connectivity index (χ3n) is 4.66. The van der Waals surface area contributed by atoms with Gasteiger partial charge in [-0.25, -0.2) is 0 Å². The van der Waals surface area contributed by atoms with Gasteiger partial charge in [0.25, 0.3) is 0 Å². The van der Waals surface area contributed by atoms with Crippen LogP contribution in [0.1, 0.15) is 37.7 Å². The first-order chi connectivity index (χ1) is 11.7. The third kappa shape index (κ3) is 6.42. The van der Waals surface area contributed by atoms with Crippen LogP contribution in [-0.4, -0.2) is 63.8 Å². The van der Waals surface area contributed by atoms with E-state index in [1.165, 1.54) is 18.4 Å². The second-order valence-corrected chi connectivity index (χ2v) is 7.30. The molecule has 1 fully saturated rings. The number of guanidine groups is 1. The molecule has 24 heavy (non-hydrogen) atoms. The molecule has 0 aromatic carbocycles. The molecule has 1 aliphatic rings. The van der Waals surface area contributed by atoms with E-state index < -0.39 is 0 Å². The summed E-state index contributed by atoms with van der Waals surface area (Å²) >= 11 is 1.76. The van der Waals surface area contributed by atoms with Crippen LogP contribution in [0.15, 0.2) is 21.8 Å². The topological polar surface area (TPSA) is 48.9 Å². The van der Waals surface area contributed by atoms with E-state index in [1.807, 2.05) is 7.05 Å². The van der Waals surface area contributed by atoms with Gasteiger partial charge in [-0.1, -0.05) is 6.92 Å². The van der Waals surface area contributed by atoms with Crippen LogP contribution in [0.5, 0.6) is 0 Å². The van der Waals surface area contributed by atoms with E-state index in [1.54, 1.807) is 18.4 Å². The average molecular weight is 353 g/mol. The van der Waals surface area contributed by atoms with Gasteiger partial charge in [-0.3, -0.25) is 4.99 Å². The Hall–Kier alpha value is -1.11. The Morgan fingerprint density at radius 1 is 1.46 bits per heavy atom. The highest BCUT2D eigenvalue weighted by Crippen LogP contribution is 2.17. The third-order valence-corrected chi connectivity index (χ3v) is 5.36. The van der Waals surface area contributed by atoms with Crippen molar-refractivity contribution in [2.45, 2.75) is 38.1 Å². The molecule has 136 valence electrons. The first kappa shape index (κ1) is 19.2. The Morgan fingerprint density at radius 3 is 2.88 bits per heavy atom. The fourth-order valence-corrected chi connectivity index (χ4v) is 3.83. The van der Waals surface area contributed by atoms with Crippen molar-refractivity contribution in [2.75, 3.05) is 46.9 Å². The van der Waals surface area contributed by atoms with E-state index in [4.69, 9.17) is 4.74 Å². The maximum Gasteiger partial charge on any atom is 0.191 e. The zero-order valence-corrected chi connectivity index (χ0v) is 16.1. The predicted octanol–water partition coefficient (Wildman–Crippen LogP) is 2.52. The molecule has 0 radical (unpaired) electrons. The maximum atomic E-state index is 5.13. The summed E-state index contributed by atoms with van der Waals surface area (Å²) in [7, 11) is 3.62. The van der Waals surface area contributed by atoms with Crippen LogP contribution in [-0.2, 0) is 4.74 Å². The van der Waals surface area contributed by atoms with Crippen molar-refractivity contribution in [3.05, 3.63) is 22.4 Å². The molecule has 1 aliphatic heterocycles. The van der Waals surface area contributed by atoms with Crippen molar-refractivity contribution in [2.24, 2.45) is 4.99 Å². The Kier molecular flexibility index (Phi) is 8.56. The number of piperidine rings is 1. The lowest BCUT2D eigenvalue weighted by Gasteiger charge is -2.33. The van der Waals surface area contributed by atoms with Gasteiger partial charge < -0.3 is 20.3 Å². The zero-order chi connectivity index (χ0) is 17.2. The molecule has 1 saturated heterocycles. The molecule has 1 aromatic heterocycles. The molecule has 0 saturated carbocycles. The molecule has 2 rings (SSSR count). The van der Waals surface area contributed by atoms with Gasteiger partial charge in [0.05, 0.1) is 0 Å². The number of ether oxygens (including phenoxy) is 1. The van der Waals surface area contributed by atoms with Crippen LogP contribution in [0.3, 0.4) is 0 Å². The van der Waals surface area contributed by atoms with Crippen LogP contribution in [0.25, 0.3) is 0 Å². The fourth-order valence-electron chi connectivity index (χ4n) is 3.04. The van der Waals surface area contributed by atoms with Crippen LogP contribution in [0.4, 0.5) is 0 Å². The molecule has 1 aromatic rings. The van der Waals surface area contributed by atoms with Crippen LogP contribution < -0.4 is 10.6 Å². The first-order valence-corrected chi connectivity index (χ1v) is 9.87. The summed E-state index contributed by atoms with van der Waals surface area (Å²) in [6.07, 6.45) is 3.47. The Labute approximate surface area is 150 Å². The fraction of sp³-hybridized carbons (Fsp3) is 0.722. The standard InChI is InChI=1S/C18H32N4OS/c1-15(16-7-12-24-14-16)13-20-18(19-2)21-17-5-9-22(10-6-17)8-4-11-23-3/h7,12,14-15,17H,4-6,8-11,13H2,1-3H3,(H2,19,20,21). The van der Waals surface area contributed by atoms with Crippen molar-refractivity contribution in [1.82, 2.24) is 15.5 Å². The predicted molar refractivity (Wildman–Crippen MR) is 103 cm³/mol. The lowest BCUT2D eigenvalue weighted by atomic mass is 10.0. The van der Waals surface area contributed by atoms with Gasteiger partial charge in [-0.2, -0.15) is 11.3 Å². The second-order valence-electron chi connectivity index (χ2n) is 6.52. The summed E-state index contributed by atoms with van der Waals surface area (Å²) in [4.78, 5) is 6.92. The summed E-state index contributed by atoms with van der Waals surface area (Å²) in [6, 6.07) is 2.72. The summed E-state index contributed by atoms with van der Waals surface area (Å²) in [5.74, 6) is 1.42. The molecule has 2 heterocycles. The van der Waals surface area contributed by atoms with E-state index in [-0.39, 0.29) is 0 Å². The normalized spacial score (nSPS) is 18.5. The van der Waals surface area contributed by atoms with E-state index in [0.29, 0.717) is 12.0 Å². The maximum absolute atomic E-state index is 5.13. The van der Waals surface area contributed by atoms with E-state index in [9.17, 15) is 0 Å². The summed E-state index contributed by atoms with van der Waals surface area (Å²) in [6.45, 7) is 7.48. The van der Waals surface area contributed by atoms with Gasteiger partial charge >= 0.3 is 0 Å². The number of methoxy groups -OCH3 is 1. The van der Waals surface area contributed by atoms with E-state index in [2.05, 4.69) is 44.3 Å². The lowest BCUT2D eigenvalue weighted by molar-refractivity contribution is 0.155.